The third-order valence-electron chi connectivity index (χ3n) is 2.67. The van der Waals surface area contributed by atoms with Crippen LogP contribution >= 0.6 is 11.6 Å². The molecule has 0 saturated carbocycles. The molecule has 0 spiro atoms. The maximum absolute atomic E-state index is 11.4. The summed E-state index contributed by atoms with van der Waals surface area (Å²) in [6, 6.07) is 0. The second-order valence-corrected chi connectivity index (χ2v) is 6.54. The summed E-state index contributed by atoms with van der Waals surface area (Å²) >= 11 is 6.14. The molecule has 0 amide bonds. The first kappa shape index (κ1) is 17.8. The summed E-state index contributed by atoms with van der Waals surface area (Å²) in [6.45, 7) is 7.87. The van der Waals surface area contributed by atoms with E-state index in [1.807, 2.05) is 20.8 Å². The summed E-state index contributed by atoms with van der Waals surface area (Å²) < 4.78 is 5.25. The topological polar surface area (TPSA) is 26.3 Å². The molecular formula is C15H29ClO2. The van der Waals surface area contributed by atoms with E-state index in [4.69, 9.17) is 16.3 Å². The van der Waals surface area contributed by atoms with E-state index in [1.54, 1.807) is 0 Å². The largest absolute Gasteiger partial charge is 0.460 e. The fourth-order valence-electron chi connectivity index (χ4n) is 1.84. The van der Waals surface area contributed by atoms with Crippen molar-refractivity contribution in [1.82, 2.24) is 0 Å². The zero-order valence-corrected chi connectivity index (χ0v) is 13.2. The number of unbranched alkanes of at least 4 members (excludes halogenated alkanes) is 3. The Kier molecular flexibility index (Phi) is 9.53. The van der Waals surface area contributed by atoms with Crippen molar-refractivity contribution in [2.75, 3.05) is 0 Å². The Morgan fingerprint density at radius 2 is 1.72 bits per heavy atom. The number of alkyl halides is 1. The van der Waals surface area contributed by atoms with Crippen LogP contribution in [0.25, 0.3) is 0 Å². The molecule has 0 bridgehead atoms. The van der Waals surface area contributed by atoms with Crippen molar-refractivity contribution in [2.24, 2.45) is 0 Å². The first-order valence-corrected chi connectivity index (χ1v) is 7.64. The molecule has 0 N–H and O–H groups in total. The van der Waals surface area contributed by atoms with E-state index in [2.05, 4.69) is 6.92 Å². The van der Waals surface area contributed by atoms with Crippen LogP contribution in [0.2, 0.25) is 0 Å². The Morgan fingerprint density at radius 3 is 2.28 bits per heavy atom. The number of halogens is 1. The predicted molar refractivity (Wildman–Crippen MR) is 78.1 cm³/mol. The number of carbonyl (C=O) groups is 1. The minimum Gasteiger partial charge on any atom is -0.460 e. The van der Waals surface area contributed by atoms with Crippen molar-refractivity contribution >= 4 is 17.6 Å². The van der Waals surface area contributed by atoms with Crippen molar-refractivity contribution in [2.45, 2.75) is 90.0 Å². The highest BCUT2D eigenvalue weighted by molar-refractivity contribution is 6.20. The Hall–Kier alpha value is -0.240. The normalized spacial score (nSPS) is 13.4. The van der Waals surface area contributed by atoms with Gasteiger partial charge in [-0.1, -0.05) is 32.6 Å². The van der Waals surface area contributed by atoms with Crippen LogP contribution in [0.3, 0.4) is 0 Å². The Balaban J connectivity index is 3.38. The molecule has 0 rings (SSSR count). The van der Waals surface area contributed by atoms with E-state index in [1.165, 1.54) is 6.42 Å². The van der Waals surface area contributed by atoms with Gasteiger partial charge in [0.1, 0.15) is 5.60 Å². The van der Waals surface area contributed by atoms with Crippen LogP contribution in [0.15, 0.2) is 0 Å². The lowest BCUT2D eigenvalue weighted by molar-refractivity contribution is -0.154. The number of hydrogen-bond acceptors (Lipinski definition) is 2. The van der Waals surface area contributed by atoms with Gasteiger partial charge in [0, 0.05) is 11.8 Å². The van der Waals surface area contributed by atoms with Crippen molar-refractivity contribution in [3.8, 4) is 0 Å². The molecule has 18 heavy (non-hydrogen) atoms. The molecule has 0 saturated heterocycles. The molecule has 1 unspecified atom stereocenters. The molecule has 3 heteroatoms. The molecular weight excluding hydrogens is 248 g/mol. The quantitative estimate of drug-likeness (QED) is 0.334. The fourth-order valence-corrected chi connectivity index (χ4v) is 2.21. The second-order valence-electron chi connectivity index (χ2n) is 5.93. The molecule has 0 aromatic heterocycles. The van der Waals surface area contributed by atoms with E-state index in [0.717, 1.165) is 38.5 Å². The van der Waals surface area contributed by atoms with Crippen LogP contribution in [0, 0.1) is 0 Å². The van der Waals surface area contributed by atoms with Gasteiger partial charge in [-0.3, -0.25) is 4.79 Å². The lowest BCUT2D eigenvalue weighted by atomic mass is 10.1. The van der Waals surface area contributed by atoms with E-state index >= 15 is 0 Å². The minimum atomic E-state index is -0.358. The van der Waals surface area contributed by atoms with Gasteiger partial charge in [-0.2, -0.15) is 0 Å². The molecule has 0 fully saturated rings. The predicted octanol–water partition coefficient (Wildman–Crippen LogP) is 5.08. The van der Waals surface area contributed by atoms with Crippen LogP contribution in [0.1, 0.15) is 79.1 Å². The van der Waals surface area contributed by atoms with Gasteiger partial charge < -0.3 is 4.74 Å². The lowest BCUT2D eigenvalue weighted by Crippen LogP contribution is -2.23. The highest BCUT2D eigenvalue weighted by Gasteiger charge is 2.15. The molecule has 0 aliphatic carbocycles. The first-order chi connectivity index (χ1) is 8.35. The second kappa shape index (κ2) is 9.66. The molecule has 108 valence electrons. The summed E-state index contributed by atoms with van der Waals surface area (Å²) in [5.41, 5.74) is -0.358. The number of carbonyl (C=O) groups excluding carboxylic acids is 1. The van der Waals surface area contributed by atoms with Gasteiger partial charge in [-0.25, -0.2) is 0 Å². The molecule has 0 heterocycles. The first-order valence-electron chi connectivity index (χ1n) is 7.21. The monoisotopic (exact) mass is 276 g/mol. The summed E-state index contributed by atoms with van der Waals surface area (Å²) in [7, 11) is 0. The van der Waals surface area contributed by atoms with Gasteiger partial charge in [0.2, 0.25) is 0 Å². The van der Waals surface area contributed by atoms with Gasteiger partial charge in [-0.15, -0.1) is 11.6 Å². The van der Waals surface area contributed by atoms with Crippen LogP contribution in [0.5, 0.6) is 0 Å². The van der Waals surface area contributed by atoms with Crippen molar-refractivity contribution in [1.29, 1.82) is 0 Å². The lowest BCUT2D eigenvalue weighted by Gasteiger charge is -2.19. The third-order valence-corrected chi connectivity index (χ3v) is 3.11. The van der Waals surface area contributed by atoms with Crippen molar-refractivity contribution in [3.05, 3.63) is 0 Å². The van der Waals surface area contributed by atoms with E-state index in [9.17, 15) is 4.79 Å². The zero-order chi connectivity index (χ0) is 14.0. The van der Waals surface area contributed by atoms with Gasteiger partial charge in [-0.05, 0) is 40.0 Å². The van der Waals surface area contributed by atoms with Crippen LogP contribution in [-0.4, -0.2) is 16.9 Å². The number of ether oxygens (including phenoxy) is 1. The van der Waals surface area contributed by atoms with Crippen molar-refractivity contribution < 1.29 is 9.53 Å². The maximum Gasteiger partial charge on any atom is 0.306 e. The average Bonchev–Trinajstić information content (AvgIpc) is 2.21. The van der Waals surface area contributed by atoms with Gasteiger partial charge >= 0.3 is 5.97 Å². The molecule has 0 aromatic rings. The van der Waals surface area contributed by atoms with E-state index in [0.29, 0.717) is 11.8 Å². The van der Waals surface area contributed by atoms with Crippen LogP contribution in [0.4, 0.5) is 0 Å². The standard InChI is InChI=1S/C15H29ClO2/c1-5-10-13(16)11-8-6-7-9-12-14(17)18-15(2,3)4/h13H,5-12H2,1-4H3. The molecule has 1 atom stereocenters. The number of rotatable bonds is 9. The van der Waals surface area contributed by atoms with Gasteiger partial charge in [0.05, 0.1) is 0 Å². The van der Waals surface area contributed by atoms with Gasteiger partial charge in [0.25, 0.3) is 0 Å². The van der Waals surface area contributed by atoms with Crippen LogP contribution in [-0.2, 0) is 9.53 Å². The van der Waals surface area contributed by atoms with E-state index < -0.39 is 0 Å². The number of hydrogen-bond donors (Lipinski definition) is 0. The molecule has 0 aliphatic rings. The molecule has 2 nitrogen and oxygen atoms in total. The zero-order valence-electron chi connectivity index (χ0n) is 12.4. The summed E-state index contributed by atoms with van der Waals surface area (Å²) in [5, 5.41) is 0.334. The SMILES string of the molecule is CCCC(Cl)CCCCCCC(=O)OC(C)(C)C. The maximum atomic E-state index is 11.4. The van der Waals surface area contributed by atoms with Crippen LogP contribution < -0.4 is 0 Å². The Morgan fingerprint density at radius 1 is 1.11 bits per heavy atom. The van der Waals surface area contributed by atoms with Gasteiger partial charge in [0.15, 0.2) is 0 Å². The summed E-state index contributed by atoms with van der Waals surface area (Å²) in [5.74, 6) is -0.0799. The molecule has 0 aliphatic heterocycles. The highest BCUT2D eigenvalue weighted by Crippen LogP contribution is 2.16. The van der Waals surface area contributed by atoms with Crippen molar-refractivity contribution in [3.63, 3.8) is 0 Å². The fraction of sp³-hybridized carbons (Fsp3) is 0.933. The summed E-state index contributed by atoms with van der Waals surface area (Å²) in [6.07, 6.45) is 8.26. The summed E-state index contributed by atoms with van der Waals surface area (Å²) in [4.78, 5) is 11.4. The molecule has 0 aromatic carbocycles. The highest BCUT2D eigenvalue weighted by atomic mass is 35.5. The minimum absolute atomic E-state index is 0.0799. The van der Waals surface area contributed by atoms with E-state index in [-0.39, 0.29) is 11.6 Å². The Bertz CT molecular complexity index is 221. The smallest absolute Gasteiger partial charge is 0.306 e. The third kappa shape index (κ3) is 12.2. The number of esters is 1. The average molecular weight is 277 g/mol. The Labute approximate surface area is 117 Å². The molecule has 0 radical (unpaired) electrons.